The smallest absolute Gasteiger partial charge is 0.0558 e. The van der Waals surface area contributed by atoms with Crippen molar-refractivity contribution in [3.8, 4) is 0 Å². The molecule has 20 heavy (non-hydrogen) atoms. The molecule has 4 nitrogen and oxygen atoms in total. The first kappa shape index (κ1) is 16.2. The molecule has 0 spiro atoms. The lowest BCUT2D eigenvalue weighted by molar-refractivity contribution is 0.0786. The summed E-state index contributed by atoms with van der Waals surface area (Å²) in [4.78, 5) is 4.96. The van der Waals surface area contributed by atoms with Crippen LogP contribution in [0.2, 0.25) is 0 Å². The minimum atomic E-state index is 0.262. The van der Waals surface area contributed by atoms with E-state index in [-0.39, 0.29) is 6.61 Å². The Bertz CT molecular complexity index is 268. The fourth-order valence-electron chi connectivity index (χ4n) is 3.99. The molecule has 1 saturated heterocycles. The molecule has 2 rings (SSSR count). The highest BCUT2D eigenvalue weighted by molar-refractivity contribution is 4.87. The maximum Gasteiger partial charge on any atom is 0.0558 e. The molecule has 2 atom stereocenters. The third kappa shape index (κ3) is 4.42. The van der Waals surface area contributed by atoms with Crippen molar-refractivity contribution >= 4 is 0 Å². The highest BCUT2D eigenvalue weighted by atomic mass is 16.3. The summed E-state index contributed by atoms with van der Waals surface area (Å²) < 4.78 is 0. The number of piperidine rings is 1. The van der Waals surface area contributed by atoms with Crippen LogP contribution in [0.3, 0.4) is 0 Å². The van der Waals surface area contributed by atoms with Gasteiger partial charge in [-0.25, -0.2) is 0 Å². The van der Waals surface area contributed by atoms with Crippen LogP contribution < -0.4 is 5.32 Å². The number of likely N-dealkylation sites (N-methyl/N-ethyl adjacent to an activating group) is 1. The van der Waals surface area contributed by atoms with Gasteiger partial charge < -0.3 is 15.3 Å². The van der Waals surface area contributed by atoms with Crippen LogP contribution in [0.25, 0.3) is 0 Å². The lowest BCUT2D eigenvalue weighted by atomic mass is 9.89. The molecule has 1 aliphatic heterocycles. The number of hydrogen-bond acceptors (Lipinski definition) is 4. The Labute approximate surface area is 124 Å². The lowest BCUT2D eigenvalue weighted by Gasteiger charge is -2.42. The fraction of sp³-hybridized carbons (Fsp3) is 1.00. The van der Waals surface area contributed by atoms with E-state index >= 15 is 0 Å². The molecule has 0 bridgehead atoms. The topological polar surface area (TPSA) is 38.7 Å². The summed E-state index contributed by atoms with van der Waals surface area (Å²) in [6, 6.07) is 1.38. The van der Waals surface area contributed by atoms with E-state index < -0.39 is 0 Å². The summed E-state index contributed by atoms with van der Waals surface area (Å²) in [5.74, 6) is 0.736. The number of nitrogens with zero attached hydrogens (tertiary/aromatic N) is 2. The molecule has 2 unspecified atom stereocenters. The second kappa shape index (κ2) is 8.32. The van der Waals surface area contributed by atoms with Crippen LogP contribution >= 0.6 is 0 Å². The van der Waals surface area contributed by atoms with Crippen LogP contribution in [0.1, 0.15) is 38.5 Å². The fourth-order valence-corrected chi connectivity index (χ4v) is 3.99. The zero-order valence-corrected chi connectivity index (χ0v) is 13.4. The van der Waals surface area contributed by atoms with E-state index in [4.69, 9.17) is 5.11 Å². The predicted octanol–water partition coefficient (Wildman–Crippen LogP) is 1.15. The van der Waals surface area contributed by atoms with Crippen LogP contribution in [0.15, 0.2) is 0 Å². The quantitative estimate of drug-likeness (QED) is 0.767. The van der Waals surface area contributed by atoms with Crippen LogP contribution in [-0.2, 0) is 0 Å². The summed E-state index contributed by atoms with van der Waals surface area (Å²) in [6.07, 6.45) is 8.29. The van der Waals surface area contributed by atoms with Gasteiger partial charge in [0.15, 0.2) is 0 Å². The zero-order chi connectivity index (χ0) is 14.4. The third-order valence-corrected chi connectivity index (χ3v) is 5.33. The molecule has 0 aromatic carbocycles. The van der Waals surface area contributed by atoms with Crippen molar-refractivity contribution in [2.24, 2.45) is 5.92 Å². The summed E-state index contributed by atoms with van der Waals surface area (Å²) >= 11 is 0. The van der Waals surface area contributed by atoms with Crippen LogP contribution in [-0.4, -0.2) is 73.9 Å². The van der Waals surface area contributed by atoms with Gasteiger partial charge in [-0.05, 0) is 45.8 Å². The standard InChI is InChI=1S/C16H33N3O/c1-18(10-11-20)16-12-17-9-8-14(16)13-19(2)15-6-4-3-5-7-15/h14-17,20H,3-13H2,1-2H3. The largest absolute Gasteiger partial charge is 0.395 e. The van der Waals surface area contributed by atoms with Gasteiger partial charge in [-0.1, -0.05) is 19.3 Å². The van der Waals surface area contributed by atoms with Crippen molar-refractivity contribution in [3.63, 3.8) is 0 Å². The molecule has 1 saturated carbocycles. The molecular formula is C16H33N3O. The van der Waals surface area contributed by atoms with E-state index in [0.29, 0.717) is 6.04 Å². The first-order valence-corrected chi connectivity index (χ1v) is 8.44. The van der Waals surface area contributed by atoms with Gasteiger partial charge in [0.05, 0.1) is 6.61 Å². The number of aliphatic hydroxyl groups is 1. The molecular weight excluding hydrogens is 250 g/mol. The molecule has 2 aliphatic rings. The van der Waals surface area contributed by atoms with E-state index in [1.165, 1.54) is 45.1 Å². The van der Waals surface area contributed by atoms with E-state index in [0.717, 1.165) is 31.6 Å². The van der Waals surface area contributed by atoms with E-state index in [1.807, 2.05) is 0 Å². The number of hydrogen-bond donors (Lipinski definition) is 2. The van der Waals surface area contributed by atoms with Gasteiger partial charge in [0.1, 0.15) is 0 Å². The average Bonchev–Trinajstić information content (AvgIpc) is 2.49. The predicted molar refractivity (Wildman–Crippen MR) is 84.0 cm³/mol. The normalized spacial score (nSPS) is 29.2. The Morgan fingerprint density at radius 3 is 2.50 bits per heavy atom. The molecule has 0 radical (unpaired) electrons. The van der Waals surface area contributed by atoms with Crippen molar-refractivity contribution in [2.45, 2.75) is 50.6 Å². The van der Waals surface area contributed by atoms with Gasteiger partial charge in [0.2, 0.25) is 0 Å². The van der Waals surface area contributed by atoms with Crippen LogP contribution in [0.5, 0.6) is 0 Å². The maximum atomic E-state index is 9.17. The lowest BCUT2D eigenvalue weighted by Crippen LogP contribution is -2.54. The van der Waals surface area contributed by atoms with Gasteiger partial charge in [-0.2, -0.15) is 0 Å². The van der Waals surface area contributed by atoms with Crippen LogP contribution in [0.4, 0.5) is 0 Å². The van der Waals surface area contributed by atoms with Gasteiger partial charge in [0.25, 0.3) is 0 Å². The highest BCUT2D eigenvalue weighted by Gasteiger charge is 2.30. The molecule has 1 aliphatic carbocycles. The Morgan fingerprint density at radius 1 is 1.05 bits per heavy atom. The Hall–Kier alpha value is -0.160. The van der Waals surface area contributed by atoms with Gasteiger partial charge >= 0.3 is 0 Å². The highest BCUT2D eigenvalue weighted by Crippen LogP contribution is 2.25. The summed E-state index contributed by atoms with van der Waals surface area (Å²) in [6.45, 7) is 4.48. The van der Waals surface area contributed by atoms with E-state index in [1.54, 1.807) is 0 Å². The van der Waals surface area contributed by atoms with Crippen LogP contribution in [0, 0.1) is 5.92 Å². The van der Waals surface area contributed by atoms with Gasteiger partial charge in [-0.15, -0.1) is 0 Å². The number of rotatable bonds is 6. The van der Waals surface area contributed by atoms with Crippen molar-refractivity contribution in [2.75, 3.05) is 46.9 Å². The second-order valence-corrected chi connectivity index (χ2v) is 6.76. The molecule has 0 aromatic rings. The Morgan fingerprint density at radius 2 is 1.80 bits per heavy atom. The first-order valence-electron chi connectivity index (χ1n) is 8.44. The molecule has 2 fully saturated rings. The molecule has 0 aromatic heterocycles. The number of aliphatic hydroxyl groups excluding tert-OH is 1. The SMILES string of the molecule is CN(CC1CCNCC1N(C)CCO)C1CCCCC1. The van der Waals surface area contributed by atoms with Gasteiger partial charge in [-0.3, -0.25) is 4.90 Å². The molecule has 118 valence electrons. The molecule has 0 amide bonds. The van der Waals surface area contributed by atoms with Crippen molar-refractivity contribution in [1.82, 2.24) is 15.1 Å². The van der Waals surface area contributed by atoms with E-state index in [2.05, 4.69) is 29.2 Å². The third-order valence-electron chi connectivity index (χ3n) is 5.33. The Kier molecular flexibility index (Phi) is 6.75. The second-order valence-electron chi connectivity index (χ2n) is 6.76. The summed E-state index contributed by atoms with van der Waals surface area (Å²) in [5, 5.41) is 12.7. The molecule has 4 heteroatoms. The maximum absolute atomic E-state index is 9.17. The average molecular weight is 283 g/mol. The minimum Gasteiger partial charge on any atom is -0.395 e. The monoisotopic (exact) mass is 283 g/mol. The minimum absolute atomic E-state index is 0.262. The van der Waals surface area contributed by atoms with Crippen molar-refractivity contribution in [1.29, 1.82) is 0 Å². The summed E-state index contributed by atoms with van der Waals surface area (Å²) in [5.41, 5.74) is 0. The zero-order valence-electron chi connectivity index (χ0n) is 13.4. The van der Waals surface area contributed by atoms with Crippen molar-refractivity contribution < 1.29 is 5.11 Å². The van der Waals surface area contributed by atoms with Crippen molar-refractivity contribution in [3.05, 3.63) is 0 Å². The first-order chi connectivity index (χ1) is 9.72. The van der Waals surface area contributed by atoms with E-state index in [9.17, 15) is 0 Å². The van der Waals surface area contributed by atoms with Gasteiger partial charge in [0, 0.05) is 31.7 Å². The number of nitrogens with one attached hydrogen (secondary N) is 1. The molecule has 1 heterocycles. The molecule has 2 N–H and O–H groups in total. The summed E-state index contributed by atoms with van der Waals surface area (Å²) in [7, 11) is 4.47. The Balaban J connectivity index is 1.87.